The fourth-order valence-electron chi connectivity index (χ4n) is 1.64. The maximum atomic E-state index is 11.7. The molecule has 0 aromatic carbocycles. The number of ether oxygens (including phenoxy) is 1. The van der Waals surface area contributed by atoms with Crippen molar-refractivity contribution >= 4 is 6.09 Å². The Bertz CT molecular complexity index is 448. The van der Waals surface area contributed by atoms with Crippen molar-refractivity contribution in [2.24, 2.45) is 0 Å². The van der Waals surface area contributed by atoms with Crippen LogP contribution in [0.2, 0.25) is 0 Å². The first-order valence-corrected chi connectivity index (χ1v) is 6.03. The van der Waals surface area contributed by atoms with Crippen LogP contribution in [0.4, 0.5) is 4.79 Å². The van der Waals surface area contributed by atoms with Gasteiger partial charge in [0.2, 0.25) is 0 Å². The zero-order valence-corrected chi connectivity index (χ0v) is 11.0. The molecule has 0 aromatic rings. The number of nitrogens with zero attached hydrogens (tertiary/aromatic N) is 2. The number of carbonyl (C=O) groups is 1. The molecule has 0 bridgehead atoms. The van der Waals surface area contributed by atoms with E-state index in [0.29, 0.717) is 12.1 Å². The number of amides is 1. The molecule has 1 rings (SSSR count). The molecule has 102 valence electrons. The van der Waals surface area contributed by atoms with Crippen LogP contribution in [0.1, 0.15) is 13.3 Å². The van der Waals surface area contributed by atoms with Crippen LogP contribution < -0.4 is 0 Å². The van der Waals surface area contributed by atoms with Gasteiger partial charge in [0.15, 0.2) is 5.60 Å². The van der Waals surface area contributed by atoms with Gasteiger partial charge in [0, 0.05) is 13.0 Å². The summed E-state index contributed by atoms with van der Waals surface area (Å²) in [5.74, 6) is 0. The second-order valence-electron chi connectivity index (χ2n) is 4.41. The standard InChI is InChI=1S/C14H18N2O3/c1-3-4-5-6-12(2)9-19-13(17)16-8-7-14(18,10-15)11-16/h3-6,18H,2,7-9,11H2,1H3/b4-3-,6-5-. The smallest absolute Gasteiger partial charge is 0.410 e. The van der Waals surface area contributed by atoms with Crippen LogP contribution in [0.15, 0.2) is 36.5 Å². The Balaban J connectivity index is 2.37. The molecule has 1 fully saturated rings. The summed E-state index contributed by atoms with van der Waals surface area (Å²) in [4.78, 5) is 13.0. The molecule has 0 radical (unpaired) electrons. The van der Waals surface area contributed by atoms with E-state index in [1.807, 2.05) is 19.1 Å². The predicted molar refractivity (Wildman–Crippen MR) is 71.2 cm³/mol. The van der Waals surface area contributed by atoms with Gasteiger partial charge in [-0.25, -0.2) is 4.79 Å². The molecule has 0 aromatic heterocycles. The quantitative estimate of drug-likeness (QED) is 0.619. The highest BCUT2D eigenvalue weighted by Gasteiger charge is 2.38. The lowest BCUT2D eigenvalue weighted by Gasteiger charge is -2.17. The lowest BCUT2D eigenvalue weighted by molar-refractivity contribution is 0.0887. The molecule has 0 saturated carbocycles. The first kappa shape index (κ1) is 15.0. The molecule has 1 saturated heterocycles. The number of nitriles is 1. The molecule has 1 aliphatic heterocycles. The van der Waals surface area contributed by atoms with E-state index >= 15 is 0 Å². The average Bonchev–Trinajstić information content (AvgIpc) is 2.80. The third-order valence-electron chi connectivity index (χ3n) is 2.73. The van der Waals surface area contributed by atoms with Gasteiger partial charge in [-0.3, -0.25) is 0 Å². The highest BCUT2D eigenvalue weighted by molar-refractivity contribution is 5.68. The summed E-state index contributed by atoms with van der Waals surface area (Å²) in [6, 6.07) is 1.79. The molecule has 5 heteroatoms. The van der Waals surface area contributed by atoms with Gasteiger partial charge in [0.05, 0.1) is 12.6 Å². The molecule has 1 atom stereocenters. The SMILES string of the molecule is C=C(/C=C\C=C/C)COC(=O)N1CCC(O)(C#N)C1. The van der Waals surface area contributed by atoms with Gasteiger partial charge in [0.1, 0.15) is 6.61 Å². The van der Waals surface area contributed by atoms with E-state index in [2.05, 4.69) is 6.58 Å². The third-order valence-corrected chi connectivity index (χ3v) is 2.73. The summed E-state index contributed by atoms with van der Waals surface area (Å²) < 4.78 is 5.05. The Morgan fingerprint density at radius 1 is 1.63 bits per heavy atom. The highest BCUT2D eigenvalue weighted by atomic mass is 16.6. The van der Waals surface area contributed by atoms with Gasteiger partial charge in [-0.05, 0) is 12.5 Å². The summed E-state index contributed by atoms with van der Waals surface area (Å²) in [7, 11) is 0. The van der Waals surface area contributed by atoms with E-state index in [0.717, 1.165) is 0 Å². The minimum absolute atomic E-state index is 0.0107. The molecule has 1 heterocycles. The number of allylic oxidation sites excluding steroid dienone is 3. The number of likely N-dealkylation sites (tertiary alicyclic amines) is 1. The van der Waals surface area contributed by atoms with E-state index in [4.69, 9.17) is 10.00 Å². The maximum absolute atomic E-state index is 11.7. The van der Waals surface area contributed by atoms with Crippen LogP contribution >= 0.6 is 0 Å². The Kier molecular flexibility index (Phi) is 5.34. The molecule has 19 heavy (non-hydrogen) atoms. The Labute approximate surface area is 113 Å². The lowest BCUT2D eigenvalue weighted by atomic mass is 10.1. The van der Waals surface area contributed by atoms with E-state index in [1.54, 1.807) is 18.2 Å². The molecule has 5 nitrogen and oxygen atoms in total. The molecule has 1 N–H and O–H groups in total. The van der Waals surface area contributed by atoms with Crippen molar-refractivity contribution < 1.29 is 14.6 Å². The minimum Gasteiger partial charge on any atom is -0.445 e. The van der Waals surface area contributed by atoms with Crippen molar-refractivity contribution in [1.82, 2.24) is 4.90 Å². The largest absolute Gasteiger partial charge is 0.445 e. The molecule has 1 unspecified atom stereocenters. The Morgan fingerprint density at radius 2 is 2.37 bits per heavy atom. The molecular formula is C14H18N2O3. The molecule has 0 spiro atoms. The van der Waals surface area contributed by atoms with Crippen LogP contribution in [0.25, 0.3) is 0 Å². The van der Waals surface area contributed by atoms with Gasteiger partial charge in [-0.2, -0.15) is 5.26 Å². The van der Waals surface area contributed by atoms with Crippen molar-refractivity contribution in [3.63, 3.8) is 0 Å². The number of rotatable bonds is 4. The van der Waals surface area contributed by atoms with Crippen molar-refractivity contribution in [3.8, 4) is 6.07 Å². The zero-order valence-electron chi connectivity index (χ0n) is 11.0. The van der Waals surface area contributed by atoms with E-state index in [-0.39, 0.29) is 19.6 Å². The number of hydrogen-bond acceptors (Lipinski definition) is 4. The van der Waals surface area contributed by atoms with Crippen LogP contribution in [-0.2, 0) is 4.74 Å². The fraction of sp³-hybridized carbons (Fsp3) is 0.429. The minimum atomic E-state index is -1.44. The first-order chi connectivity index (χ1) is 9.00. The van der Waals surface area contributed by atoms with E-state index in [9.17, 15) is 9.90 Å². The normalized spacial score (nSPS) is 22.9. The molecular weight excluding hydrogens is 244 g/mol. The van der Waals surface area contributed by atoms with Gasteiger partial charge >= 0.3 is 6.09 Å². The topological polar surface area (TPSA) is 73.6 Å². The molecule has 0 aliphatic carbocycles. The summed E-state index contributed by atoms with van der Waals surface area (Å²) in [6.07, 6.45) is 7.00. The predicted octanol–water partition coefficient (Wildman–Crippen LogP) is 1.77. The summed E-state index contributed by atoms with van der Waals surface area (Å²) in [6.45, 7) is 6.06. The van der Waals surface area contributed by atoms with Crippen LogP contribution in [0.3, 0.4) is 0 Å². The maximum Gasteiger partial charge on any atom is 0.410 e. The van der Waals surface area contributed by atoms with Crippen LogP contribution in [0, 0.1) is 11.3 Å². The zero-order chi connectivity index (χ0) is 14.3. The Hall–Kier alpha value is -2.06. The van der Waals surface area contributed by atoms with Crippen LogP contribution in [0.5, 0.6) is 0 Å². The number of carbonyl (C=O) groups excluding carboxylic acids is 1. The second-order valence-corrected chi connectivity index (χ2v) is 4.41. The van der Waals surface area contributed by atoms with E-state index in [1.165, 1.54) is 4.90 Å². The summed E-state index contributed by atoms with van der Waals surface area (Å²) in [5, 5.41) is 18.4. The van der Waals surface area contributed by atoms with Gasteiger partial charge < -0.3 is 14.7 Å². The van der Waals surface area contributed by atoms with Crippen molar-refractivity contribution in [1.29, 1.82) is 5.26 Å². The highest BCUT2D eigenvalue weighted by Crippen LogP contribution is 2.20. The van der Waals surface area contributed by atoms with Gasteiger partial charge in [0.25, 0.3) is 0 Å². The van der Waals surface area contributed by atoms with E-state index < -0.39 is 11.7 Å². The number of aliphatic hydroxyl groups is 1. The number of β-amino-alcohol motifs (C(OH)–C–C–N with tert-alkyl or cyclic N) is 1. The monoisotopic (exact) mass is 262 g/mol. The average molecular weight is 262 g/mol. The first-order valence-electron chi connectivity index (χ1n) is 6.03. The summed E-state index contributed by atoms with van der Waals surface area (Å²) >= 11 is 0. The van der Waals surface area contributed by atoms with Crippen molar-refractivity contribution in [3.05, 3.63) is 36.5 Å². The number of hydrogen-bond donors (Lipinski definition) is 1. The van der Waals surface area contributed by atoms with Crippen molar-refractivity contribution in [2.45, 2.75) is 18.9 Å². The Morgan fingerprint density at radius 3 is 2.95 bits per heavy atom. The van der Waals surface area contributed by atoms with Gasteiger partial charge in [-0.1, -0.05) is 30.9 Å². The lowest BCUT2D eigenvalue weighted by Crippen LogP contribution is -2.35. The van der Waals surface area contributed by atoms with Gasteiger partial charge in [-0.15, -0.1) is 0 Å². The molecule has 1 aliphatic rings. The second kappa shape index (κ2) is 6.76. The molecule has 1 amide bonds. The third kappa shape index (κ3) is 4.60. The van der Waals surface area contributed by atoms with Crippen molar-refractivity contribution in [2.75, 3.05) is 19.7 Å². The summed E-state index contributed by atoms with van der Waals surface area (Å²) in [5.41, 5.74) is -0.775. The van der Waals surface area contributed by atoms with Crippen LogP contribution in [-0.4, -0.2) is 41.4 Å². The fourth-order valence-corrected chi connectivity index (χ4v) is 1.64.